The second-order valence-electron chi connectivity index (χ2n) is 0. The predicted molar refractivity (Wildman–Crippen MR) is 26.4 cm³/mol. The standard InChI is InChI=1S/5H2N.Ta/h5*1H2;/q5*-1;+5. The fraction of sp³-hybridized carbons (Fsp3) is 0. The van der Waals surface area contributed by atoms with Gasteiger partial charge in [0.1, 0.15) is 0 Å². The van der Waals surface area contributed by atoms with E-state index in [1.807, 2.05) is 0 Å². The van der Waals surface area contributed by atoms with E-state index in [1.165, 1.54) is 0 Å². The van der Waals surface area contributed by atoms with Crippen LogP contribution in [-0.4, -0.2) is 0 Å². The summed E-state index contributed by atoms with van der Waals surface area (Å²) in [5, 5.41) is 0. The smallest absolute Gasteiger partial charge is 0.693 e. The van der Waals surface area contributed by atoms with E-state index in [9.17, 15) is 0 Å². The fourth-order valence-electron chi connectivity index (χ4n) is 0. The molecule has 0 atom stereocenters. The van der Waals surface area contributed by atoms with Crippen LogP contribution in [0.5, 0.6) is 0 Å². The summed E-state index contributed by atoms with van der Waals surface area (Å²) in [5.41, 5.74) is 0. The van der Waals surface area contributed by atoms with Gasteiger partial charge in [0, 0.05) is 0 Å². The monoisotopic (exact) mass is 261 g/mol. The largest absolute Gasteiger partial charge is 5.00 e. The Balaban J connectivity index is 0. The van der Waals surface area contributed by atoms with Crippen LogP contribution < -0.4 is 0 Å². The van der Waals surface area contributed by atoms with Crippen LogP contribution in [0, 0.1) is 0 Å². The molecule has 0 bridgehead atoms. The van der Waals surface area contributed by atoms with Crippen molar-refractivity contribution in [3.05, 3.63) is 30.8 Å². The molecule has 10 N–H and O–H groups in total. The Labute approximate surface area is 53.7 Å². The van der Waals surface area contributed by atoms with Crippen molar-refractivity contribution in [1.82, 2.24) is 0 Å². The van der Waals surface area contributed by atoms with Crippen LogP contribution in [0.4, 0.5) is 0 Å². The van der Waals surface area contributed by atoms with Crippen molar-refractivity contribution < 1.29 is 22.4 Å². The maximum Gasteiger partial charge on any atom is 5.00 e. The second kappa shape index (κ2) is 391. The van der Waals surface area contributed by atoms with Crippen molar-refractivity contribution in [1.29, 1.82) is 0 Å². The molecule has 0 aromatic heterocycles. The van der Waals surface area contributed by atoms with Crippen LogP contribution in [0.2, 0.25) is 0 Å². The van der Waals surface area contributed by atoms with Crippen molar-refractivity contribution >= 4 is 0 Å². The van der Waals surface area contributed by atoms with Crippen molar-refractivity contribution in [3.8, 4) is 0 Å². The van der Waals surface area contributed by atoms with Crippen molar-refractivity contribution in [2.24, 2.45) is 0 Å². The average Bonchev–Trinajstić information content (AvgIpc) is 0. The van der Waals surface area contributed by atoms with Crippen molar-refractivity contribution in [2.45, 2.75) is 0 Å². The van der Waals surface area contributed by atoms with Crippen LogP contribution in [0.15, 0.2) is 0 Å². The molecule has 6 heavy (non-hydrogen) atoms. The third kappa shape index (κ3) is 195. The van der Waals surface area contributed by atoms with E-state index in [1.54, 1.807) is 0 Å². The molecule has 6 heteroatoms. The number of hydrogen-bond donors (Lipinski definition) is 0. The zero-order valence-electron chi connectivity index (χ0n) is 3.33. The topological polar surface area (TPSA) is 168 Å². The molecule has 0 aliphatic heterocycles. The maximum atomic E-state index is 0. The van der Waals surface area contributed by atoms with E-state index >= 15 is 0 Å². The molecule has 0 radical (unpaired) electrons. The summed E-state index contributed by atoms with van der Waals surface area (Å²) in [4.78, 5) is 0. The van der Waals surface area contributed by atoms with E-state index in [0.717, 1.165) is 0 Å². The van der Waals surface area contributed by atoms with E-state index in [4.69, 9.17) is 0 Å². The molecule has 0 fully saturated rings. The Kier molecular flexibility index (Phi) is 44900. The third-order valence-electron chi connectivity index (χ3n) is 0. The Hall–Kier alpha value is 0.540. The molecule has 0 aliphatic carbocycles. The Morgan fingerprint density at radius 2 is 0.333 bits per heavy atom. The molecule has 0 unspecified atom stereocenters. The minimum atomic E-state index is 0. The van der Waals surface area contributed by atoms with Gasteiger partial charge in [0.25, 0.3) is 0 Å². The number of hydrogen-bond acceptors (Lipinski definition) is 0. The molecule has 0 aromatic carbocycles. The molecule has 0 saturated heterocycles. The Morgan fingerprint density at radius 3 is 0.333 bits per heavy atom. The summed E-state index contributed by atoms with van der Waals surface area (Å²) < 4.78 is 0. The molecule has 0 heterocycles. The van der Waals surface area contributed by atoms with E-state index in [0.29, 0.717) is 0 Å². The fourth-order valence-corrected chi connectivity index (χ4v) is 0. The molecule has 0 saturated carbocycles. The first-order chi connectivity index (χ1) is 0. The normalized spacial score (nSPS) is 0. The first kappa shape index (κ1) is 688. The van der Waals surface area contributed by atoms with E-state index < -0.39 is 0 Å². The van der Waals surface area contributed by atoms with Crippen molar-refractivity contribution in [2.75, 3.05) is 0 Å². The number of nitrogens with two attached hydrogens (primary N) is 5. The Morgan fingerprint density at radius 1 is 0.333 bits per heavy atom. The van der Waals surface area contributed by atoms with Gasteiger partial charge in [-0.1, -0.05) is 0 Å². The predicted octanol–water partition coefficient (Wildman–Crippen LogP) is 3.58. The van der Waals surface area contributed by atoms with Gasteiger partial charge in [0.05, 0.1) is 0 Å². The van der Waals surface area contributed by atoms with Crippen LogP contribution in [0.3, 0.4) is 0 Å². The summed E-state index contributed by atoms with van der Waals surface area (Å²) in [5.74, 6) is 0. The minimum Gasteiger partial charge on any atom is -0.693 e. The van der Waals surface area contributed by atoms with Gasteiger partial charge < -0.3 is 30.8 Å². The van der Waals surface area contributed by atoms with Gasteiger partial charge >= 0.3 is 22.4 Å². The molecule has 0 aliphatic rings. The van der Waals surface area contributed by atoms with Gasteiger partial charge in [-0.05, 0) is 0 Å². The van der Waals surface area contributed by atoms with Crippen LogP contribution >= 0.6 is 0 Å². The molecular formula is H10N5Ta. The van der Waals surface area contributed by atoms with Gasteiger partial charge in [-0.2, -0.15) is 0 Å². The summed E-state index contributed by atoms with van der Waals surface area (Å²) in [6.45, 7) is 0. The van der Waals surface area contributed by atoms with Gasteiger partial charge in [-0.15, -0.1) is 0 Å². The van der Waals surface area contributed by atoms with Crippen molar-refractivity contribution in [3.63, 3.8) is 0 Å². The molecule has 40 valence electrons. The molecule has 0 rings (SSSR count). The van der Waals surface area contributed by atoms with Gasteiger partial charge in [-0.3, -0.25) is 0 Å². The van der Waals surface area contributed by atoms with E-state index in [2.05, 4.69) is 0 Å². The number of rotatable bonds is 0. The zero-order chi connectivity index (χ0) is 0. The molecule has 5 nitrogen and oxygen atoms in total. The van der Waals surface area contributed by atoms with Gasteiger partial charge in [0.2, 0.25) is 0 Å². The minimum absolute atomic E-state index is 0. The summed E-state index contributed by atoms with van der Waals surface area (Å²) in [6, 6.07) is 0. The van der Waals surface area contributed by atoms with Crippen LogP contribution in [0.25, 0.3) is 30.8 Å². The quantitative estimate of drug-likeness (QED) is 0.621. The molecule has 0 aromatic rings. The Bertz CT molecular complexity index is 3.90. The molecule has 0 amide bonds. The summed E-state index contributed by atoms with van der Waals surface area (Å²) in [7, 11) is 0. The van der Waals surface area contributed by atoms with Gasteiger partial charge in [0.15, 0.2) is 0 Å². The summed E-state index contributed by atoms with van der Waals surface area (Å²) in [6.07, 6.45) is 0. The molecule has 0 spiro atoms. The average molecular weight is 261 g/mol. The van der Waals surface area contributed by atoms with Crippen LogP contribution in [-0.2, 0) is 22.4 Å². The van der Waals surface area contributed by atoms with Gasteiger partial charge in [-0.25, -0.2) is 0 Å². The zero-order valence-corrected chi connectivity index (χ0v) is 6.55. The molecular weight excluding hydrogens is 251 g/mol. The summed E-state index contributed by atoms with van der Waals surface area (Å²) >= 11 is 0. The first-order valence-corrected chi connectivity index (χ1v) is 0. The maximum absolute atomic E-state index is 0. The third-order valence-corrected chi connectivity index (χ3v) is 0. The SMILES string of the molecule is [NH2-].[NH2-].[NH2-].[NH2-].[NH2-].[Ta+5]. The van der Waals surface area contributed by atoms with E-state index in [-0.39, 0.29) is 53.1 Å². The van der Waals surface area contributed by atoms with Crippen LogP contribution in [0.1, 0.15) is 0 Å². The first-order valence-electron chi connectivity index (χ1n) is 0. The second-order valence-corrected chi connectivity index (χ2v) is 0.